The molecule has 0 aromatic carbocycles. The molecule has 2 aliphatic carbocycles. The highest BCUT2D eigenvalue weighted by Gasteiger charge is 2.62. The van der Waals surface area contributed by atoms with Crippen molar-refractivity contribution >= 4 is 17.2 Å². The average Bonchev–Trinajstić information content (AvgIpc) is 3.45. The molecule has 1 aromatic rings. The quantitative estimate of drug-likeness (QED) is 0.679. The third-order valence-corrected chi connectivity index (χ3v) is 8.40. The second-order valence-electron chi connectivity index (χ2n) is 9.40. The highest BCUT2D eigenvalue weighted by Crippen LogP contribution is 2.48. The smallest absolute Gasteiger partial charge is 0.254 e. The summed E-state index contributed by atoms with van der Waals surface area (Å²) in [4.78, 5) is 23.7. The molecule has 2 aliphatic heterocycles. The lowest BCUT2D eigenvalue weighted by Crippen LogP contribution is -2.78. The minimum atomic E-state index is -0.147. The Morgan fingerprint density at radius 3 is 2.57 bits per heavy atom. The summed E-state index contributed by atoms with van der Waals surface area (Å²) in [5.41, 5.74) is 3.14. The largest absolute Gasteiger partial charge is 0.366 e. The van der Waals surface area contributed by atoms with E-state index in [0.29, 0.717) is 11.9 Å². The fourth-order valence-corrected chi connectivity index (χ4v) is 6.42. The maximum Gasteiger partial charge on any atom is 0.254 e. The number of β-lactam (4-membered cyclic amide) rings is 1. The number of aryl methyl sites for hydroxylation is 1. The molecule has 1 unspecified atom stereocenters. The highest BCUT2D eigenvalue weighted by molar-refractivity contribution is 7.09. The first-order chi connectivity index (χ1) is 13.7. The van der Waals surface area contributed by atoms with Crippen molar-refractivity contribution in [2.45, 2.75) is 88.9 Å². The number of carbonyl (C=O) groups is 1. The minimum absolute atomic E-state index is 0.0192. The van der Waals surface area contributed by atoms with Gasteiger partial charge in [-0.1, -0.05) is 19.3 Å². The van der Waals surface area contributed by atoms with Crippen molar-refractivity contribution in [3.63, 3.8) is 0 Å². The van der Waals surface area contributed by atoms with E-state index in [-0.39, 0.29) is 11.6 Å². The van der Waals surface area contributed by atoms with Crippen LogP contribution in [0.4, 0.5) is 0 Å². The van der Waals surface area contributed by atoms with E-state index in [1.54, 1.807) is 11.3 Å². The summed E-state index contributed by atoms with van der Waals surface area (Å²) in [7, 11) is 0. The van der Waals surface area contributed by atoms with Gasteiger partial charge in [0.25, 0.3) is 5.91 Å². The van der Waals surface area contributed by atoms with Crippen molar-refractivity contribution in [1.82, 2.24) is 14.8 Å². The number of hydrogen-bond acceptors (Lipinski definition) is 5. The Hall–Kier alpha value is -0.980. The molecule has 3 heterocycles. The first-order valence-corrected chi connectivity index (χ1v) is 12.1. The van der Waals surface area contributed by atoms with Crippen LogP contribution in [0.5, 0.6) is 0 Å². The van der Waals surface area contributed by atoms with E-state index < -0.39 is 0 Å². The van der Waals surface area contributed by atoms with Gasteiger partial charge >= 0.3 is 0 Å². The monoisotopic (exact) mass is 403 g/mol. The minimum Gasteiger partial charge on any atom is -0.366 e. The number of thiazole rings is 1. The Bertz CT molecular complexity index is 702. The molecule has 5 rings (SSSR count). The van der Waals surface area contributed by atoms with E-state index >= 15 is 0 Å². The molecular weight excluding hydrogens is 370 g/mol. The summed E-state index contributed by atoms with van der Waals surface area (Å²) < 4.78 is 6.23. The van der Waals surface area contributed by atoms with Crippen LogP contribution in [-0.4, -0.2) is 58.1 Å². The fourth-order valence-electron chi connectivity index (χ4n) is 5.61. The Morgan fingerprint density at radius 2 is 1.93 bits per heavy atom. The van der Waals surface area contributed by atoms with Gasteiger partial charge in [-0.25, -0.2) is 4.98 Å². The van der Waals surface area contributed by atoms with Gasteiger partial charge in [-0.05, 0) is 51.4 Å². The second-order valence-corrected chi connectivity index (χ2v) is 10.3. The van der Waals surface area contributed by atoms with Crippen LogP contribution < -0.4 is 0 Å². The van der Waals surface area contributed by atoms with Crippen LogP contribution in [0.15, 0.2) is 5.51 Å². The molecule has 4 fully saturated rings. The van der Waals surface area contributed by atoms with Gasteiger partial charge in [0.2, 0.25) is 0 Å². The molecule has 1 aromatic heterocycles. The molecular formula is C22H33N3O2S. The SMILES string of the molecule is Cc1ncsc1CN1CCC(N2C(=O)C(OCC3CC3)C23CCCCC3)CC1. The molecule has 0 N–H and O–H groups in total. The van der Waals surface area contributed by atoms with Gasteiger partial charge in [-0.3, -0.25) is 9.69 Å². The van der Waals surface area contributed by atoms with Crippen molar-refractivity contribution < 1.29 is 9.53 Å². The number of amides is 1. The standard InChI is InChI=1S/C22H33N3O2S/c1-16-19(28-15-23-16)13-24-11-7-18(8-12-24)25-21(26)20(27-14-17-5-6-17)22(25)9-3-2-4-10-22/h15,17-18,20H,2-14H2,1H3. The van der Waals surface area contributed by atoms with E-state index in [9.17, 15) is 4.79 Å². The summed E-state index contributed by atoms with van der Waals surface area (Å²) in [6.45, 7) is 6.07. The van der Waals surface area contributed by atoms with Crippen molar-refractivity contribution in [3.05, 3.63) is 16.1 Å². The molecule has 28 heavy (non-hydrogen) atoms. The maximum atomic E-state index is 13.1. The van der Waals surface area contributed by atoms with Crippen LogP contribution in [0.3, 0.4) is 0 Å². The van der Waals surface area contributed by atoms with Gasteiger partial charge in [-0.15, -0.1) is 11.3 Å². The van der Waals surface area contributed by atoms with Crippen molar-refractivity contribution in [3.8, 4) is 0 Å². The van der Waals surface area contributed by atoms with Gasteiger partial charge in [0.05, 0.1) is 23.4 Å². The molecule has 2 saturated carbocycles. The Balaban J connectivity index is 1.22. The number of aromatic nitrogens is 1. The third kappa shape index (κ3) is 3.41. The number of hydrogen-bond donors (Lipinski definition) is 0. The first kappa shape index (κ1) is 19.0. The van der Waals surface area contributed by atoms with Crippen LogP contribution in [0.1, 0.15) is 68.4 Å². The fraction of sp³-hybridized carbons (Fsp3) is 0.818. The summed E-state index contributed by atoms with van der Waals surface area (Å²) in [6, 6.07) is 0.408. The van der Waals surface area contributed by atoms with Gasteiger partial charge in [-0.2, -0.15) is 0 Å². The van der Waals surface area contributed by atoms with Gasteiger partial charge in [0, 0.05) is 30.6 Å². The van der Waals surface area contributed by atoms with E-state index in [0.717, 1.165) is 57.8 Å². The van der Waals surface area contributed by atoms with Gasteiger partial charge < -0.3 is 9.64 Å². The lowest BCUT2D eigenvalue weighted by Gasteiger charge is -2.62. The summed E-state index contributed by atoms with van der Waals surface area (Å²) in [5, 5.41) is 0. The maximum absolute atomic E-state index is 13.1. The molecule has 5 nitrogen and oxygen atoms in total. The number of ether oxygens (including phenoxy) is 1. The molecule has 2 saturated heterocycles. The molecule has 0 bridgehead atoms. The zero-order valence-corrected chi connectivity index (χ0v) is 17.9. The topological polar surface area (TPSA) is 45.7 Å². The Kier molecular flexibility index (Phi) is 5.22. The summed E-state index contributed by atoms with van der Waals surface area (Å²) >= 11 is 1.76. The molecule has 154 valence electrons. The van der Waals surface area contributed by atoms with E-state index in [1.165, 1.54) is 42.7 Å². The Labute approximate surface area is 172 Å². The lowest BCUT2D eigenvalue weighted by atomic mass is 9.68. The normalized spacial score (nSPS) is 28.7. The van der Waals surface area contributed by atoms with Crippen LogP contribution >= 0.6 is 11.3 Å². The van der Waals surface area contributed by atoms with Gasteiger partial charge in [0.1, 0.15) is 0 Å². The van der Waals surface area contributed by atoms with Gasteiger partial charge in [0.15, 0.2) is 6.10 Å². The zero-order chi connectivity index (χ0) is 19.1. The third-order valence-electron chi connectivity index (χ3n) is 7.48. The van der Waals surface area contributed by atoms with Crippen LogP contribution in [0, 0.1) is 12.8 Å². The summed E-state index contributed by atoms with van der Waals surface area (Å²) in [5.74, 6) is 1.01. The van der Waals surface area contributed by atoms with Crippen LogP contribution in [0.25, 0.3) is 0 Å². The molecule has 4 aliphatic rings. The second kappa shape index (κ2) is 7.69. The predicted octanol–water partition coefficient (Wildman–Crippen LogP) is 3.76. The number of piperidine rings is 1. The average molecular weight is 404 g/mol. The molecule has 1 amide bonds. The predicted molar refractivity (Wildman–Crippen MR) is 110 cm³/mol. The van der Waals surface area contributed by atoms with E-state index in [2.05, 4.69) is 21.7 Å². The number of carbonyl (C=O) groups excluding carboxylic acids is 1. The number of nitrogens with zero attached hydrogens (tertiary/aromatic N) is 3. The van der Waals surface area contributed by atoms with Crippen LogP contribution in [0.2, 0.25) is 0 Å². The zero-order valence-electron chi connectivity index (χ0n) is 17.1. The van der Waals surface area contributed by atoms with E-state index in [1.807, 2.05) is 5.51 Å². The van der Waals surface area contributed by atoms with Crippen molar-refractivity contribution in [2.24, 2.45) is 5.92 Å². The Morgan fingerprint density at radius 1 is 1.18 bits per heavy atom. The highest BCUT2D eigenvalue weighted by atomic mass is 32.1. The molecule has 0 radical (unpaired) electrons. The first-order valence-electron chi connectivity index (χ1n) is 11.2. The molecule has 6 heteroatoms. The number of rotatable bonds is 6. The number of likely N-dealkylation sites (tertiary alicyclic amines) is 2. The lowest BCUT2D eigenvalue weighted by molar-refractivity contribution is -0.211. The van der Waals surface area contributed by atoms with Crippen LogP contribution in [-0.2, 0) is 16.1 Å². The summed E-state index contributed by atoms with van der Waals surface area (Å²) in [6.07, 6.45) is 10.7. The van der Waals surface area contributed by atoms with Crippen molar-refractivity contribution in [1.29, 1.82) is 0 Å². The van der Waals surface area contributed by atoms with Crippen molar-refractivity contribution in [2.75, 3.05) is 19.7 Å². The molecule has 1 atom stereocenters. The van der Waals surface area contributed by atoms with E-state index in [4.69, 9.17) is 4.74 Å². The molecule has 1 spiro atoms.